The number of carbonyl (C=O) groups is 4. The molecule has 3 unspecified atom stereocenters. The molecule has 0 aliphatic carbocycles. The lowest BCUT2D eigenvalue weighted by Gasteiger charge is -2.21. The molecule has 3 N–H and O–H groups in total. The van der Waals surface area contributed by atoms with Crippen molar-refractivity contribution in [3.05, 3.63) is 0 Å². The molecule has 19 heteroatoms. The van der Waals surface area contributed by atoms with Crippen LogP contribution in [0.5, 0.6) is 0 Å². The SMILES string of the molecule is CCCCCCCCCCCCCCCCCCC(=O)OC[C@H](COP(=O)(O)OC[C@@H](O)COP(=O)(O)OC[C@@H](COC(=O)CCCCCCCCC(C)C)OC(=O)CCCCCCCCCC(C)C)OC(=O)CCCCCCCCCCCCCCCCCCCCC(C)CC. The van der Waals surface area contributed by atoms with Gasteiger partial charge in [0.25, 0.3) is 0 Å². The van der Waals surface area contributed by atoms with Gasteiger partial charge in [-0.3, -0.25) is 37.3 Å². The molecule has 0 aliphatic heterocycles. The standard InChI is InChI=1S/C78H152O17P2/c1-8-10-11-12-13-14-15-16-17-23-26-29-32-37-45-52-59-75(80)88-65-73(94-77(82)61-54-47-38-33-30-27-24-21-19-18-20-22-25-28-31-36-44-51-58-71(7)9-2)67-92-96(84,85)90-63-72(79)64-91-97(86,87)93-68-74(66-89-76(81)60-53-46-41-40-43-50-57-70(5)6)95-78(83)62-55-48-39-34-35-42-49-56-69(3)4/h69-74,79H,8-68H2,1-7H3,(H,84,85)(H,86,87)/t71?,72-,73-,74-/m1/s1. The fourth-order valence-electron chi connectivity index (χ4n) is 11.9. The van der Waals surface area contributed by atoms with Crippen molar-refractivity contribution < 1.29 is 80.2 Å². The minimum Gasteiger partial charge on any atom is -0.462 e. The molecule has 0 bridgehead atoms. The minimum absolute atomic E-state index is 0.102. The van der Waals surface area contributed by atoms with Crippen LogP contribution in [0, 0.1) is 17.8 Å². The van der Waals surface area contributed by atoms with Crippen LogP contribution in [0.4, 0.5) is 0 Å². The first-order chi connectivity index (χ1) is 46.8. The van der Waals surface area contributed by atoms with Crippen LogP contribution in [-0.4, -0.2) is 96.7 Å². The summed E-state index contributed by atoms with van der Waals surface area (Å²) in [6.07, 6.45) is 55.9. The quantitative estimate of drug-likeness (QED) is 0.0222. The van der Waals surface area contributed by atoms with Gasteiger partial charge in [0.1, 0.15) is 19.3 Å². The highest BCUT2D eigenvalue weighted by Crippen LogP contribution is 2.45. The molecule has 0 radical (unpaired) electrons. The third-order valence-corrected chi connectivity index (χ3v) is 20.4. The lowest BCUT2D eigenvalue weighted by Crippen LogP contribution is -2.30. The number of carbonyl (C=O) groups excluding carboxylic acids is 4. The molecule has 0 amide bonds. The topological polar surface area (TPSA) is 237 Å². The highest BCUT2D eigenvalue weighted by molar-refractivity contribution is 7.47. The Morgan fingerprint density at radius 2 is 0.526 bits per heavy atom. The molecule has 0 rings (SSSR count). The Morgan fingerprint density at radius 3 is 0.784 bits per heavy atom. The summed E-state index contributed by atoms with van der Waals surface area (Å²) in [4.78, 5) is 72.8. The molecular formula is C78H152O17P2. The number of esters is 4. The zero-order chi connectivity index (χ0) is 71.6. The summed E-state index contributed by atoms with van der Waals surface area (Å²) in [5.74, 6) is 0.126. The highest BCUT2D eigenvalue weighted by Gasteiger charge is 2.30. The predicted octanol–water partition coefficient (Wildman–Crippen LogP) is 23.0. The van der Waals surface area contributed by atoms with Crippen molar-refractivity contribution in [1.82, 2.24) is 0 Å². The monoisotopic (exact) mass is 1420 g/mol. The molecule has 0 aromatic rings. The zero-order valence-electron chi connectivity index (χ0n) is 63.5. The number of phosphoric ester groups is 2. The summed E-state index contributed by atoms with van der Waals surface area (Å²) in [6, 6.07) is 0. The molecule has 0 saturated carbocycles. The van der Waals surface area contributed by atoms with Crippen LogP contribution in [0.3, 0.4) is 0 Å². The van der Waals surface area contributed by atoms with Gasteiger partial charge >= 0.3 is 39.5 Å². The molecule has 576 valence electrons. The number of aliphatic hydroxyl groups excluding tert-OH is 1. The van der Waals surface area contributed by atoms with Crippen molar-refractivity contribution in [2.75, 3.05) is 39.6 Å². The van der Waals surface area contributed by atoms with Crippen molar-refractivity contribution in [2.24, 2.45) is 17.8 Å². The minimum atomic E-state index is -4.96. The Kier molecular flexibility index (Phi) is 67.1. The van der Waals surface area contributed by atoms with E-state index in [9.17, 15) is 43.2 Å². The molecule has 0 heterocycles. The lowest BCUT2D eigenvalue weighted by molar-refractivity contribution is -0.161. The fraction of sp³-hybridized carbons (Fsp3) is 0.949. The molecule has 0 aliphatic rings. The second-order valence-electron chi connectivity index (χ2n) is 29.3. The van der Waals surface area contributed by atoms with Gasteiger partial charge in [0.05, 0.1) is 26.4 Å². The first kappa shape index (κ1) is 95.1. The Bertz CT molecular complexity index is 1890. The summed E-state index contributed by atoms with van der Waals surface area (Å²) in [5, 5.41) is 10.6. The number of hydrogen-bond acceptors (Lipinski definition) is 15. The van der Waals surface area contributed by atoms with E-state index in [2.05, 4.69) is 48.5 Å². The first-order valence-electron chi connectivity index (χ1n) is 40.4. The molecule has 0 spiro atoms. The molecule has 0 fully saturated rings. The Hall–Kier alpha value is -1.94. The number of ether oxygens (including phenoxy) is 4. The van der Waals surface area contributed by atoms with Crippen molar-refractivity contribution in [3.8, 4) is 0 Å². The summed E-state index contributed by atoms with van der Waals surface area (Å²) in [5.41, 5.74) is 0. The average molecular weight is 1420 g/mol. The van der Waals surface area contributed by atoms with E-state index < -0.39 is 97.5 Å². The van der Waals surface area contributed by atoms with E-state index in [0.29, 0.717) is 37.5 Å². The van der Waals surface area contributed by atoms with Crippen molar-refractivity contribution in [3.63, 3.8) is 0 Å². The lowest BCUT2D eigenvalue weighted by atomic mass is 9.99. The van der Waals surface area contributed by atoms with E-state index >= 15 is 0 Å². The van der Waals surface area contributed by atoms with E-state index in [1.807, 2.05) is 0 Å². The fourth-order valence-corrected chi connectivity index (χ4v) is 13.5. The molecule has 97 heavy (non-hydrogen) atoms. The van der Waals surface area contributed by atoms with Crippen LogP contribution in [0.25, 0.3) is 0 Å². The van der Waals surface area contributed by atoms with Gasteiger partial charge in [-0.1, -0.05) is 350 Å². The van der Waals surface area contributed by atoms with Crippen molar-refractivity contribution in [1.29, 1.82) is 0 Å². The van der Waals surface area contributed by atoms with E-state index in [1.54, 1.807) is 0 Å². The van der Waals surface area contributed by atoms with Gasteiger partial charge in [0.2, 0.25) is 0 Å². The summed E-state index contributed by atoms with van der Waals surface area (Å²) < 4.78 is 68.5. The molecule has 0 saturated heterocycles. The highest BCUT2D eigenvalue weighted by atomic mass is 31.2. The second-order valence-corrected chi connectivity index (χ2v) is 32.2. The maximum absolute atomic E-state index is 13.1. The summed E-state index contributed by atoms with van der Waals surface area (Å²) in [6.45, 7) is 11.8. The molecule has 6 atom stereocenters. The van der Waals surface area contributed by atoms with Gasteiger partial charge in [-0.2, -0.15) is 0 Å². The average Bonchev–Trinajstić information content (AvgIpc) is 1.42. The zero-order valence-corrected chi connectivity index (χ0v) is 65.3. The van der Waals surface area contributed by atoms with Gasteiger partial charge < -0.3 is 33.8 Å². The van der Waals surface area contributed by atoms with E-state index in [4.69, 9.17) is 37.0 Å². The second kappa shape index (κ2) is 68.5. The van der Waals surface area contributed by atoms with Gasteiger partial charge in [-0.25, -0.2) is 9.13 Å². The summed E-state index contributed by atoms with van der Waals surface area (Å²) >= 11 is 0. The number of unbranched alkanes of at least 4 members (excludes halogenated alkanes) is 43. The van der Waals surface area contributed by atoms with Crippen LogP contribution in [0.2, 0.25) is 0 Å². The largest absolute Gasteiger partial charge is 0.472 e. The van der Waals surface area contributed by atoms with Gasteiger partial charge in [-0.05, 0) is 43.4 Å². The van der Waals surface area contributed by atoms with Crippen LogP contribution in [0.1, 0.15) is 402 Å². The third kappa shape index (κ3) is 70.9. The third-order valence-electron chi connectivity index (χ3n) is 18.5. The van der Waals surface area contributed by atoms with Gasteiger partial charge in [-0.15, -0.1) is 0 Å². The Balaban J connectivity index is 5.18. The van der Waals surface area contributed by atoms with E-state index in [-0.39, 0.29) is 25.7 Å². The van der Waals surface area contributed by atoms with Crippen molar-refractivity contribution >= 4 is 39.5 Å². The molecule has 17 nitrogen and oxygen atoms in total. The number of aliphatic hydroxyl groups is 1. The van der Waals surface area contributed by atoms with Gasteiger partial charge in [0.15, 0.2) is 12.2 Å². The number of phosphoric acid groups is 2. The van der Waals surface area contributed by atoms with E-state index in [1.165, 1.54) is 205 Å². The maximum Gasteiger partial charge on any atom is 0.472 e. The predicted molar refractivity (Wildman–Crippen MR) is 395 cm³/mol. The van der Waals surface area contributed by atoms with Crippen LogP contribution < -0.4 is 0 Å². The molecule has 0 aromatic carbocycles. The molecule has 0 aromatic heterocycles. The number of hydrogen-bond donors (Lipinski definition) is 3. The van der Waals surface area contributed by atoms with Crippen LogP contribution in [0.15, 0.2) is 0 Å². The Labute approximate surface area is 594 Å². The first-order valence-corrected chi connectivity index (χ1v) is 43.4. The maximum atomic E-state index is 13.1. The normalized spacial score (nSPS) is 14.3. The smallest absolute Gasteiger partial charge is 0.462 e. The molecular weight excluding hydrogens is 1270 g/mol. The van der Waals surface area contributed by atoms with Crippen molar-refractivity contribution in [2.45, 2.75) is 420 Å². The van der Waals surface area contributed by atoms with Gasteiger partial charge in [0, 0.05) is 25.7 Å². The van der Waals surface area contributed by atoms with E-state index in [0.717, 1.165) is 102 Å². The van der Waals surface area contributed by atoms with Crippen LogP contribution >= 0.6 is 15.6 Å². The number of rotatable bonds is 76. The Morgan fingerprint density at radius 1 is 0.299 bits per heavy atom. The summed E-state index contributed by atoms with van der Waals surface area (Å²) in [7, 11) is -9.91. The van der Waals surface area contributed by atoms with Crippen LogP contribution in [-0.2, 0) is 65.4 Å².